The van der Waals surface area contributed by atoms with Gasteiger partial charge >= 0.3 is 0 Å². The van der Waals surface area contributed by atoms with Gasteiger partial charge in [0.05, 0.1) is 6.04 Å². The number of nitrogens with one attached hydrogen (secondary N) is 1. The molecule has 1 aromatic heterocycles. The van der Waals surface area contributed by atoms with Crippen LogP contribution in [0.3, 0.4) is 0 Å². The van der Waals surface area contributed by atoms with Crippen molar-refractivity contribution in [2.45, 2.75) is 25.2 Å². The number of benzene rings is 1. The Balaban J connectivity index is 2.12. The van der Waals surface area contributed by atoms with Crippen LogP contribution in [0.5, 0.6) is 0 Å². The Labute approximate surface area is 131 Å². The van der Waals surface area contributed by atoms with Crippen LogP contribution in [-0.2, 0) is 4.79 Å². The van der Waals surface area contributed by atoms with Crippen LogP contribution in [0.15, 0.2) is 34.9 Å². The minimum atomic E-state index is -1.78. The molecule has 3 atom stereocenters. The van der Waals surface area contributed by atoms with Gasteiger partial charge in [0.15, 0.2) is 17.7 Å². The highest BCUT2D eigenvalue weighted by Gasteiger charge is 2.25. The normalized spacial score (nSPS) is 15.0. The number of nitrogen functional groups attached to an aromatic ring is 1. The maximum atomic E-state index is 13.0. The van der Waals surface area contributed by atoms with Crippen LogP contribution in [0, 0.1) is 0 Å². The zero-order valence-corrected chi connectivity index (χ0v) is 12.4. The Morgan fingerprint density at radius 1 is 1.43 bits per heavy atom. The van der Waals surface area contributed by atoms with Crippen LogP contribution in [0.4, 0.5) is 14.6 Å². The second kappa shape index (κ2) is 7.19. The van der Waals surface area contributed by atoms with Crippen LogP contribution in [0.1, 0.15) is 18.6 Å². The van der Waals surface area contributed by atoms with Gasteiger partial charge in [0.2, 0.25) is 0 Å². The lowest BCUT2D eigenvalue weighted by Crippen LogP contribution is -2.43. The summed E-state index contributed by atoms with van der Waals surface area (Å²) >= 11 is 0. The lowest BCUT2D eigenvalue weighted by Gasteiger charge is -2.22. The molecule has 0 fully saturated rings. The van der Waals surface area contributed by atoms with Crippen molar-refractivity contribution in [2.24, 2.45) is 0 Å². The molecule has 124 valence electrons. The number of hydrogen-bond acceptors (Lipinski definition) is 5. The van der Waals surface area contributed by atoms with E-state index in [1.807, 2.05) is 0 Å². The molecule has 23 heavy (non-hydrogen) atoms. The quantitative estimate of drug-likeness (QED) is 0.751. The molecule has 6 nitrogen and oxygen atoms in total. The number of aliphatic hydroxyl groups is 1. The molecule has 0 saturated carbocycles. The summed E-state index contributed by atoms with van der Waals surface area (Å²) in [5.74, 6) is -0.282. The number of carbonyl (C=O) groups excluding carboxylic acids is 1. The van der Waals surface area contributed by atoms with Gasteiger partial charge in [-0.1, -0.05) is 29.4 Å². The molecule has 8 heteroatoms. The molecule has 3 unspecified atom stereocenters. The predicted molar refractivity (Wildman–Crippen MR) is 79.8 cm³/mol. The molecule has 0 aliphatic heterocycles. The molecule has 0 bridgehead atoms. The van der Waals surface area contributed by atoms with Crippen molar-refractivity contribution in [2.75, 3.05) is 12.4 Å². The minimum absolute atomic E-state index is 0.240. The molecule has 1 amide bonds. The lowest BCUT2D eigenvalue weighted by molar-refractivity contribution is -0.127. The Morgan fingerprint density at radius 3 is 2.57 bits per heavy atom. The van der Waals surface area contributed by atoms with E-state index in [1.165, 1.54) is 0 Å². The van der Waals surface area contributed by atoms with Crippen LogP contribution in [0.2, 0.25) is 0 Å². The van der Waals surface area contributed by atoms with Gasteiger partial charge in [-0.05, 0) is 12.5 Å². The second-order valence-electron chi connectivity index (χ2n) is 5.07. The molecule has 0 saturated heterocycles. The number of alkyl halides is 2. The van der Waals surface area contributed by atoms with E-state index in [-0.39, 0.29) is 5.82 Å². The summed E-state index contributed by atoms with van der Waals surface area (Å²) in [6.45, 7) is 0.00884. The van der Waals surface area contributed by atoms with Gasteiger partial charge in [0.1, 0.15) is 12.8 Å². The number of carbonyl (C=O) groups is 1. The van der Waals surface area contributed by atoms with Crippen LogP contribution in [0.25, 0.3) is 11.3 Å². The van der Waals surface area contributed by atoms with Gasteiger partial charge in [0.25, 0.3) is 5.91 Å². The molecule has 1 aromatic carbocycles. The van der Waals surface area contributed by atoms with Crippen molar-refractivity contribution in [1.29, 1.82) is 0 Å². The van der Waals surface area contributed by atoms with Gasteiger partial charge in [0, 0.05) is 11.6 Å². The van der Waals surface area contributed by atoms with E-state index < -0.39 is 30.9 Å². The minimum Gasteiger partial charge on any atom is -0.386 e. The van der Waals surface area contributed by atoms with E-state index in [4.69, 9.17) is 10.3 Å². The van der Waals surface area contributed by atoms with Gasteiger partial charge < -0.3 is 20.7 Å². The number of nitrogens with zero attached hydrogens (tertiary/aromatic N) is 1. The number of rotatable bonds is 6. The summed E-state index contributed by atoms with van der Waals surface area (Å²) in [5.41, 5.74) is 6.51. The Kier molecular flexibility index (Phi) is 5.28. The van der Waals surface area contributed by atoms with E-state index in [9.17, 15) is 18.7 Å². The molecule has 0 aliphatic carbocycles. The molecular formula is C15H17F2N3O3. The van der Waals surface area contributed by atoms with Crippen LogP contribution >= 0.6 is 0 Å². The van der Waals surface area contributed by atoms with Crippen molar-refractivity contribution < 1.29 is 23.2 Å². The van der Waals surface area contributed by atoms with E-state index in [1.54, 1.807) is 30.3 Å². The molecule has 2 aromatic rings. The van der Waals surface area contributed by atoms with Gasteiger partial charge in [-0.15, -0.1) is 0 Å². The van der Waals surface area contributed by atoms with Crippen molar-refractivity contribution in [1.82, 2.24) is 10.5 Å². The van der Waals surface area contributed by atoms with Gasteiger partial charge in [-0.3, -0.25) is 4.79 Å². The summed E-state index contributed by atoms with van der Waals surface area (Å²) in [5, 5.41) is 15.8. The number of hydrogen-bond donors (Lipinski definition) is 3. The van der Waals surface area contributed by atoms with E-state index >= 15 is 0 Å². The van der Waals surface area contributed by atoms with Crippen molar-refractivity contribution >= 4 is 11.7 Å². The van der Waals surface area contributed by atoms with Gasteiger partial charge in [-0.25, -0.2) is 8.78 Å². The highest BCUT2D eigenvalue weighted by Crippen LogP contribution is 2.24. The van der Waals surface area contributed by atoms with Crippen LogP contribution < -0.4 is 11.1 Å². The van der Waals surface area contributed by atoms with Crippen molar-refractivity contribution in [3.63, 3.8) is 0 Å². The number of anilines is 1. The largest absolute Gasteiger partial charge is 0.386 e. The zero-order valence-electron chi connectivity index (χ0n) is 12.4. The van der Waals surface area contributed by atoms with E-state index in [0.717, 1.165) is 6.92 Å². The first kappa shape index (κ1) is 16.9. The van der Waals surface area contributed by atoms with E-state index in [2.05, 4.69) is 10.5 Å². The summed E-state index contributed by atoms with van der Waals surface area (Å²) < 4.78 is 30.9. The number of amides is 1. The maximum Gasteiger partial charge on any atom is 0.254 e. The average molecular weight is 325 g/mol. The Hall–Kier alpha value is -2.48. The molecule has 1 heterocycles. The van der Waals surface area contributed by atoms with Gasteiger partial charge in [-0.2, -0.15) is 0 Å². The van der Waals surface area contributed by atoms with Crippen molar-refractivity contribution in [3.05, 3.63) is 35.9 Å². The molecule has 0 aliphatic rings. The summed E-state index contributed by atoms with van der Waals surface area (Å²) in [4.78, 5) is 11.3. The number of aromatic nitrogens is 1. The molecular weight excluding hydrogens is 308 g/mol. The fraction of sp³-hybridized carbons (Fsp3) is 0.333. The number of nitrogens with two attached hydrogens (primary N) is 1. The van der Waals surface area contributed by atoms with E-state index in [0.29, 0.717) is 16.9 Å². The smallest absolute Gasteiger partial charge is 0.254 e. The highest BCUT2D eigenvalue weighted by atomic mass is 19.1. The number of halogens is 2. The summed E-state index contributed by atoms with van der Waals surface area (Å²) in [6, 6.07) is 6.67. The monoisotopic (exact) mass is 325 g/mol. The first-order valence-electron chi connectivity index (χ1n) is 6.93. The standard InChI is InChI=1S/C15H17F2N3O3/c1-8(17)15(22)19-11(7-16)14(21)10-4-2-9(3-5-10)12-6-13(18)20-23-12/h2-6,8,11,14,21H,7H2,1H3,(H2,18,20)(H,19,22). The fourth-order valence-electron chi connectivity index (χ4n) is 2.00. The average Bonchev–Trinajstić information content (AvgIpc) is 2.98. The van der Waals surface area contributed by atoms with Crippen LogP contribution in [-0.4, -0.2) is 35.1 Å². The molecule has 0 spiro atoms. The fourth-order valence-corrected chi connectivity index (χ4v) is 2.00. The predicted octanol–water partition coefficient (Wildman–Crippen LogP) is 1.77. The Morgan fingerprint density at radius 2 is 2.09 bits per heavy atom. The van der Waals surface area contributed by atoms with Crippen molar-refractivity contribution in [3.8, 4) is 11.3 Å². The molecule has 2 rings (SSSR count). The summed E-state index contributed by atoms with van der Waals surface area (Å²) in [7, 11) is 0. The maximum absolute atomic E-state index is 13.0. The third-order valence-corrected chi connectivity index (χ3v) is 3.30. The Bertz CT molecular complexity index is 658. The molecule has 0 radical (unpaired) electrons. The summed E-state index contributed by atoms with van der Waals surface area (Å²) in [6.07, 6.45) is -3.09. The first-order valence-corrected chi connectivity index (χ1v) is 6.93. The number of aliphatic hydroxyl groups excluding tert-OH is 1. The molecule has 4 N–H and O–H groups in total. The third kappa shape index (κ3) is 4.04. The highest BCUT2D eigenvalue weighted by molar-refractivity contribution is 5.80. The zero-order chi connectivity index (χ0) is 17.0. The second-order valence-corrected chi connectivity index (χ2v) is 5.07. The third-order valence-electron chi connectivity index (χ3n) is 3.30. The first-order chi connectivity index (χ1) is 10.9. The topological polar surface area (TPSA) is 101 Å². The lowest BCUT2D eigenvalue weighted by atomic mass is 10.0. The SMILES string of the molecule is CC(F)C(=O)NC(CF)C(O)c1ccc(-c2cc(N)no2)cc1.